The molecule has 1 amide bonds. The molecule has 0 atom stereocenters. The zero-order valence-corrected chi connectivity index (χ0v) is 11.0. The average molecular weight is 239 g/mol. The van der Waals surface area contributed by atoms with Crippen LogP contribution in [0.4, 0.5) is 0 Å². The van der Waals surface area contributed by atoms with Gasteiger partial charge in [0.2, 0.25) is 5.76 Å². The number of rotatable bonds is 5. The molecule has 2 N–H and O–H groups in total. The summed E-state index contributed by atoms with van der Waals surface area (Å²) in [6, 6.07) is 0. The van der Waals surface area contributed by atoms with Crippen molar-refractivity contribution in [1.82, 2.24) is 9.88 Å². The summed E-state index contributed by atoms with van der Waals surface area (Å²) in [5.41, 5.74) is 6.21. The van der Waals surface area contributed by atoms with E-state index in [2.05, 4.69) is 4.98 Å². The van der Waals surface area contributed by atoms with Gasteiger partial charge in [-0.2, -0.15) is 0 Å². The molecular weight excluding hydrogens is 218 g/mol. The summed E-state index contributed by atoms with van der Waals surface area (Å²) >= 11 is 0. The summed E-state index contributed by atoms with van der Waals surface area (Å²) in [4.78, 5) is 17.9. The van der Waals surface area contributed by atoms with Crippen molar-refractivity contribution >= 4 is 5.91 Å². The molecule has 5 nitrogen and oxygen atoms in total. The zero-order valence-electron chi connectivity index (χ0n) is 11.0. The molecule has 1 aromatic rings. The molecule has 1 heterocycles. The molecule has 0 fully saturated rings. The third-order valence-electron chi connectivity index (χ3n) is 2.78. The number of nitrogens with zero attached hydrogens (tertiary/aromatic N) is 2. The third-order valence-corrected chi connectivity index (χ3v) is 2.78. The number of amides is 1. The van der Waals surface area contributed by atoms with Crippen LogP contribution in [0.3, 0.4) is 0 Å². The van der Waals surface area contributed by atoms with Crippen LogP contribution in [-0.4, -0.2) is 35.4 Å². The second kappa shape index (κ2) is 5.31. The minimum absolute atomic E-state index is 0.0976. The maximum atomic E-state index is 12.2. The van der Waals surface area contributed by atoms with E-state index in [0.717, 1.165) is 0 Å². The first-order valence-electron chi connectivity index (χ1n) is 5.80. The summed E-state index contributed by atoms with van der Waals surface area (Å²) in [5, 5.41) is 0. The summed E-state index contributed by atoms with van der Waals surface area (Å²) < 4.78 is 5.12. The monoisotopic (exact) mass is 239 g/mol. The van der Waals surface area contributed by atoms with Crippen LogP contribution in [0.1, 0.15) is 37.0 Å². The lowest BCUT2D eigenvalue weighted by molar-refractivity contribution is 0.0668. The number of carbonyl (C=O) groups is 1. The normalized spacial score (nSPS) is 11.6. The predicted molar refractivity (Wildman–Crippen MR) is 65.7 cm³/mol. The first kappa shape index (κ1) is 13.7. The Hall–Kier alpha value is -1.36. The Labute approximate surface area is 102 Å². The molecule has 96 valence electrons. The van der Waals surface area contributed by atoms with Crippen molar-refractivity contribution in [2.24, 2.45) is 11.1 Å². The van der Waals surface area contributed by atoms with Gasteiger partial charge in [0.1, 0.15) is 0 Å². The van der Waals surface area contributed by atoms with E-state index in [4.69, 9.17) is 10.2 Å². The molecule has 1 rings (SSSR count). The van der Waals surface area contributed by atoms with Gasteiger partial charge in [0.25, 0.3) is 5.91 Å². The van der Waals surface area contributed by atoms with Gasteiger partial charge in [-0.15, -0.1) is 0 Å². The second-order valence-corrected chi connectivity index (χ2v) is 4.95. The van der Waals surface area contributed by atoms with Crippen LogP contribution < -0.4 is 5.73 Å². The highest BCUT2D eigenvalue weighted by Crippen LogP contribution is 2.17. The summed E-state index contributed by atoms with van der Waals surface area (Å²) in [5.74, 6) is 0.198. The van der Waals surface area contributed by atoms with E-state index < -0.39 is 0 Å². The van der Waals surface area contributed by atoms with Crippen LogP contribution in [0.15, 0.2) is 10.8 Å². The molecule has 0 bridgehead atoms. The van der Waals surface area contributed by atoms with Crippen LogP contribution in [0.25, 0.3) is 0 Å². The number of hydrogen-bond acceptors (Lipinski definition) is 4. The number of oxazole rings is 1. The van der Waals surface area contributed by atoms with Gasteiger partial charge < -0.3 is 15.1 Å². The molecule has 5 heteroatoms. The Bertz CT molecular complexity index is 385. The largest absolute Gasteiger partial charge is 0.438 e. The van der Waals surface area contributed by atoms with Crippen molar-refractivity contribution in [2.45, 2.75) is 27.7 Å². The maximum Gasteiger partial charge on any atom is 0.291 e. The predicted octanol–water partition coefficient (Wildman–Crippen LogP) is 1.43. The van der Waals surface area contributed by atoms with E-state index >= 15 is 0 Å². The van der Waals surface area contributed by atoms with Crippen molar-refractivity contribution in [3.8, 4) is 0 Å². The second-order valence-electron chi connectivity index (χ2n) is 4.95. The molecule has 0 aromatic carbocycles. The molecule has 0 spiro atoms. The van der Waals surface area contributed by atoms with E-state index in [1.54, 1.807) is 11.8 Å². The highest BCUT2D eigenvalue weighted by molar-refractivity contribution is 5.92. The molecule has 0 aliphatic rings. The molecule has 0 unspecified atom stereocenters. The lowest BCUT2D eigenvalue weighted by Gasteiger charge is -2.30. The van der Waals surface area contributed by atoms with Gasteiger partial charge in [-0.25, -0.2) is 4.98 Å². The molecular formula is C12H21N3O2. The third kappa shape index (κ3) is 3.30. The van der Waals surface area contributed by atoms with Crippen LogP contribution >= 0.6 is 0 Å². The topological polar surface area (TPSA) is 72.4 Å². The number of carbonyl (C=O) groups excluding carboxylic acids is 1. The average Bonchev–Trinajstić information content (AvgIpc) is 2.71. The van der Waals surface area contributed by atoms with Crippen molar-refractivity contribution in [2.75, 3.05) is 19.6 Å². The molecule has 0 radical (unpaired) electrons. The Morgan fingerprint density at radius 1 is 1.59 bits per heavy atom. The van der Waals surface area contributed by atoms with Crippen molar-refractivity contribution in [3.63, 3.8) is 0 Å². The van der Waals surface area contributed by atoms with Crippen molar-refractivity contribution in [3.05, 3.63) is 17.8 Å². The molecule has 0 aliphatic heterocycles. The van der Waals surface area contributed by atoms with Crippen LogP contribution in [0.5, 0.6) is 0 Å². The fraction of sp³-hybridized carbons (Fsp3) is 0.667. The number of aromatic nitrogens is 1. The van der Waals surface area contributed by atoms with Crippen molar-refractivity contribution in [1.29, 1.82) is 0 Å². The number of nitrogens with two attached hydrogens (primary N) is 1. The van der Waals surface area contributed by atoms with Crippen LogP contribution in [0, 0.1) is 12.3 Å². The summed E-state index contributed by atoms with van der Waals surface area (Å²) in [7, 11) is 0. The Morgan fingerprint density at radius 2 is 2.24 bits per heavy atom. The van der Waals surface area contributed by atoms with Gasteiger partial charge in [0.05, 0.1) is 5.69 Å². The highest BCUT2D eigenvalue weighted by Gasteiger charge is 2.26. The quantitative estimate of drug-likeness (QED) is 0.843. The van der Waals surface area contributed by atoms with E-state index in [1.165, 1.54) is 6.39 Å². The fourth-order valence-electron chi connectivity index (χ4n) is 1.56. The molecule has 0 saturated heterocycles. The molecule has 0 saturated carbocycles. The SMILES string of the molecule is CCN(CC(C)(C)CN)C(=O)c1ocnc1C. The molecule has 0 aliphatic carbocycles. The maximum absolute atomic E-state index is 12.2. The Balaban J connectivity index is 2.82. The standard InChI is InChI=1S/C12H21N3O2/c1-5-15(7-12(3,4)6-13)11(16)10-9(2)14-8-17-10/h8H,5-7,13H2,1-4H3. The minimum Gasteiger partial charge on any atom is -0.438 e. The fourth-order valence-corrected chi connectivity index (χ4v) is 1.56. The van der Waals surface area contributed by atoms with E-state index in [0.29, 0.717) is 31.1 Å². The van der Waals surface area contributed by atoms with Gasteiger partial charge >= 0.3 is 0 Å². The first-order valence-corrected chi connectivity index (χ1v) is 5.80. The van der Waals surface area contributed by atoms with Crippen molar-refractivity contribution < 1.29 is 9.21 Å². The lowest BCUT2D eigenvalue weighted by Crippen LogP contribution is -2.42. The zero-order chi connectivity index (χ0) is 13.1. The number of hydrogen-bond donors (Lipinski definition) is 1. The van der Waals surface area contributed by atoms with Gasteiger partial charge in [0, 0.05) is 13.1 Å². The minimum atomic E-state index is -0.121. The Kier molecular flexibility index (Phi) is 4.28. The molecule has 1 aromatic heterocycles. The van der Waals surface area contributed by atoms with E-state index in [9.17, 15) is 4.79 Å². The Morgan fingerprint density at radius 3 is 2.65 bits per heavy atom. The van der Waals surface area contributed by atoms with Gasteiger partial charge in [-0.3, -0.25) is 4.79 Å². The lowest BCUT2D eigenvalue weighted by atomic mass is 9.93. The highest BCUT2D eigenvalue weighted by atomic mass is 16.3. The van der Waals surface area contributed by atoms with Gasteiger partial charge in [-0.05, 0) is 25.8 Å². The van der Waals surface area contributed by atoms with Crippen LogP contribution in [0.2, 0.25) is 0 Å². The van der Waals surface area contributed by atoms with E-state index in [1.807, 2.05) is 20.8 Å². The summed E-state index contributed by atoms with van der Waals surface area (Å²) in [6.07, 6.45) is 1.30. The number of aryl methyl sites for hydroxylation is 1. The smallest absolute Gasteiger partial charge is 0.291 e. The van der Waals surface area contributed by atoms with Gasteiger partial charge in [-0.1, -0.05) is 13.8 Å². The van der Waals surface area contributed by atoms with E-state index in [-0.39, 0.29) is 11.3 Å². The van der Waals surface area contributed by atoms with Gasteiger partial charge in [0.15, 0.2) is 6.39 Å². The van der Waals surface area contributed by atoms with Crippen LogP contribution in [-0.2, 0) is 0 Å². The first-order chi connectivity index (χ1) is 7.91. The molecule has 17 heavy (non-hydrogen) atoms. The summed E-state index contributed by atoms with van der Waals surface area (Å²) in [6.45, 7) is 9.55.